The standard InChI is InChI=1S/C15H21NO5/c1-15(2,3)21-14(18)16-11(9-17)10-6-7-12(19-4)13(8-10)20-5/h6-9,11H,1-5H3,(H,16,18). The predicted molar refractivity (Wildman–Crippen MR) is 77.7 cm³/mol. The molecule has 1 N–H and O–H groups in total. The number of methoxy groups -OCH3 is 2. The number of ether oxygens (including phenoxy) is 3. The van der Waals surface area contributed by atoms with Gasteiger partial charge in [-0.15, -0.1) is 0 Å². The summed E-state index contributed by atoms with van der Waals surface area (Å²) in [5.74, 6) is 1.02. The number of hydrogen-bond acceptors (Lipinski definition) is 5. The molecule has 1 rings (SSSR count). The second-order valence-corrected chi connectivity index (χ2v) is 5.37. The fraction of sp³-hybridized carbons (Fsp3) is 0.467. The maximum Gasteiger partial charge on any atom is 0.408 e. The van der Waals surface area contributed by atoms with E-state index in [1.54, 1.807) is 39.0 Å². The summed E-state index contributed by atoms with van der Waals surface area (Å²) in [6.07, 6.45) is -0.0278. The predicted octanol–water partition coefficient (Wildman–Crippen LogP) is 2.47. The number of rotatable bonds is 5. The molecule has 0 fully saturated rings. The number of benzene rings is 1. The molecule has 21 heavy (non-hydrogen) atoms. The molecule has 0 aromatic heterocycles. The summed E-state index contributed by atoms with van der Waals surface area (Å²) in [4.78, 5) is 22.9. The smallest absolute Gasteiger partial charge is 0.408 e. The minimum absolute atomic E-state index is 0.479. The Hall–Kier alpha value is -2.24. The van der Waals surface area contributed by atoms with E-state index in [1.807, 2.05) is 0 Å². The van der Waals surface area contributed by atoms with E-state index < -0.39 is 17.7 Å². The number of carbonyl (C=O) groups excluding carboxylic acids is 2. The molecule has 0 saturated carbocycles. The van der Waals surface area contributed by atoms with Crippen molar-refractivity contribution in [2.45, 2.75) is 32.4 Å². The summed E-state index contributed by atoms with van der Waals surface area (Å²) in [7, 11) is 3.02. The van der Waals surface area contributed by atoms with Gasteiger partial charge in [-0.05, 0) is 38.5 Å². The number of nitrogens with one attached hydrogen (secondary N) is 1. The first-order valence-corrected chi connectivity index (χ1v) is 6.47. The molecule has 0 heterocycles. The van der Waals surface area contributed by atoms with Crippen LogP contribution in [0.5, 0.6) is 11.5 Å². The lowest BCUT2D eigenvalue weighted by atomic mass is 10.1. The molecular formula is C15H21NO5. The van der Waals surface area contributed by atoms with E-state index >= 15 is 0 Å². The zero-order chi connectivity index (χ0) is 16.0. The van der Waals surface area contributed by atoms with E-state index in [4.69, 9.17) is 14.2 Å². The highest BCUT2D eigenvalue weighted by Crippen LogP contribution is 2.29. The maximum absolute atomic E-state index is 11.7. The van der Waals surface area contributed by atoms with Crippen LogP contribution in [0.2, 0.25) is 0 Å². The van der Waals surface area contributed by atoms with Gasteiger partial charge < -0.3 is 24.3 Å². The Morgan fingerprint density at radius 3 is 2.29 bits per heavy atom. The van der Waals surface area contributed by atoms with E-state index in [0.717, 1.165) is 0 Å². The number of aldehydes is 1. The van der Waals surface area contributed by atoms with Gasteiger partial charge in [0.25, 0.3) is 0 Å². The maximum atomic E-state index is 11.7. The molecule has 6 heteroatoms. The first-order valence-electron chi connectivity index (χ1n) is 6.47. The normalized spacial score (nSPS) is 12.2. The van der Waals surface area contributed by atoms with Gasteiger partial charge in [0.1, 0.15) is 17.9 Å². The van der Waals surface area contributed by atoms with Crippen molar-refractivity contribution in [3.05, 3.63) is 23.8 Å². The van der Waals surface area contributed by atoms with Gasteiger partial charge in [-0.25, -0.2) is 4.79 Å². The fourth-order valence-electron chi connectivity index (χ4n) is 1.68. The highest BCUT2D eigenvalue weighted by Gasteiger charge is 2.21. The first-order chi connectivity index (χ1) is 9.80. The molecule has 0 aliphatic rings. The second-order valence-electron chi connectivity index (χ2n) is 5.37. The molecule has 0 aliphatic heterocycles. The average molecular weight is 295 g/mol. The Morgan fingerprint density at radius 2 is 1.81 bits per heavy atom. The highest BCUT2D eigenvalue weighted by molar-refractivity contribution is 5.75. The summed E-state index contributed by atoms with van der Waals surface area (Å²) in [5.41, 5.74) is -0.0525. The Kier molecular flexibility index (Phi) is 5.58. The van der Waals surface area contributed by atoms with Crippen molar-refractivity contribution in [3.8, 4) is 11.5 Å². The third-order valence-electron chi connectivity index (χ3n) is 2.58. The molecule has 1 atom stereocenters. The molecule has 0 radical (unpaired) electrons. The second kappa shape index (κ2) is 6.97. The summed E-state index contributed by atoms with van der Waals surface area (Å²) >= 11 is 0. The van der Waals surface area contributed by atoms with Gasteiger partial charge in [0.05, 0.1) is 14.2 Å². The van der Waals surface area contributed by atoms with Crippen LogP contribution in [0, 0.1) is 0 Å². The molecule has 116 valence electrons. The van der Waals surface area contributed by atoms with Gasteiger partial charge >= 0.3 is 6.09 Å². The lowest BCUT2D eigenvalue weighted by Gasteiger charge is -2.22. The van der Waals surface area contributed by atoms with Crippen LogP contribution in [0.25, 0.3) is 0 Å². The molecule has 0 spiro atoms. The fourth-order valence-corrected chi connectivity index (χ4v) is 1.68. The van der Waals surface area contributed by atoms with Crippen molar-refractivity contribution in [3.63, 3.8) is 0 Å². The SMILES string of the molecule is COc1ccc(C(C=O)NC(=O)OC(C)(C)C)cc1OC. The van der Waals surface area contributed by atoms with Crippen molar-refractivity contribution in [1.29, 1.82) is 0 Å². The number of carbonyl (C=O) groups is 2. The monoisotopic (exact) mass is 295 g/mol. The van der Waals surface area contributed by atoms with Gasteiger partial charge in [0, 0.05) is 0 Å². The summed E-state index contributed by atoms with van der Waals surface area (Å²) in [6.45, 7) is 5.25. The minimum atomic E-state index is -0.820. The van der Waals surface area contributed by atoms with Crippen LogP contribution in [0.15, 0.2) is 18.2 Å². The van der Waals surface area contributed by atoms with Gasteiger partial charge in [0.2, 0.25) is 0 Å². The Balaban J connectivity index is 2.90. The molecule has 1 aromatic carbocycles. The van der Waals surface area contributed by atoms with Crippen LogP contribution in [-0.4, -0.2) is 32.2 Å². The van der Waals surface area contributed by atoms with E-state index in [9.17, 15) is 9.59 Å². The van der Waals surface area contributed by atoms with E-state index in [2.05, 4.69) is 5.32 Å². The van der Waals surface area contributed by atoms with E-state index in [-0.39, 0.29) is 0 Å². The zero-order valence-electron chi connectivity index (χ0n) is 12.9. The van der Waals surface area contributed by atoms with Crippen molar-refractivity contribution >= 4 is 12.4 Å². The van der Waals surface area contributed by atoms with Gasteiger partial charge in [-0.3, -0.25) is 0 Å². The van der Waals surface area contributed by atoms with Crippen LogP contribution < -0.4 is 14.8 Å². The molecule has 1 unspecified atom stereocenters. The lowest BCUT2D eigenvalue weighted by molar-refractivity contribution is -0.109. The Bertz CT molecular complexity index is 507. The van der Waals surface area contributed by atoms with Crippen LogP contribution in [0.4, 0.5) is 4.79 Å². The Labute approximate surface area is 124 Å². The minimum Gasteiger partial charge on any atom is -0.493 e. The summed E-state index contributed by atoms with van der Waals surface area (Å²) < 4.78 is 15.4. The van der Waals surface area contributed by atoms with Gasteiger partial charge in [-0.2, -0.15) is 0 Å². The van der Waals surface area contributed by atoms with Crippen molar-refractivity contribution in [2.24, 2.45) is 0 Å². The average Bonchev–Trinajstić information content (AvgIpc) is 2.42. The largest absolute Gasteiger partial charge is 0.493 e. The third kappa shape index (κ3) is 4.98. The van der Waals surface area contributed by atoms with Crippen molar-refractivity contribution in [2.75, 3.05) is 14.2 Å². The van der Waals surface area contributed by atoms with E-state index in [0.29, 0.717) is 23.3 Å². The number of alkyl carbamates (subject to hydrolysis) is 1. The third-order valence-corrected chi connectivity index (χ3v) is 2.58. The molecular weight excluding hydrogens is 274 g/mol. The van der Waals surface area contributed by atoms with Crippen molar-refractivity contribution in [1.82, 2.24) is 5.32 Å². The van der Waals surface area contributed by atoms with Crippen LogP contribution >= 0.6 is 0 Å². The molecule has 1 amide bonds. The quantitative estimate of drug-likeness (QED) is 0.845. The molecule has 6 nitrogen and oxygen atoms in total. The topological polar surface area (TPSA) is 73.9 Å². The highest BCUT2D eigenvalue weighted by atomic mass is 16.6. The van der Waals surface area contributed by atoms with Gasteiger partial charge in [0.15, 0.2) is 11.5 Å². The molecule has 0 aliphatic carbocycles. The first kappa shape index (κ1) is 16.8. The summed E-state index contributed by atoms with van der Waals surface area (Å²) in [5, 5.41) is 2.50. The zero-order valence-corrected chi connectivity index (χ0v) is 12.9. The van der Waals surface area contributed by atoms with Crippen LogP contribution in [0.1, 0.15) is 32.4 Å². The van der Waals surface area contributed by atoms with E-state index in [1.165, 1.54) is 14.2 Å². The van der Waals surface area contributed by atoms with Crippen molar-refractivity contribution < 1.29 is 23.8 Å². The molecule has 1 aromatic rings. The lowest BCUT2D eigenvalue weighted by Crippen LogP contribution is -2.35. The molecule has 0 bridgehead atoms. The number of amides is 1. The van der Waals surface area contributed by atoms with Crippen LogP contribution in [0.3, 0.4) is 0 Å². The van der Waals surface area contributed by atoms with Crippen LogP contribution in [-0.2, 0) is 9.53 Å². The Morgan fingerprint density at radius 1 is 1.19 bits per heavy atom. The van der Waals surface area contributed by atoms with Gasteiger partial charge in [-0.1, -0.05) is 6.07 Å². The summed E-state index contributed by atoms with van der Waals surface area (Å²) in [6, 6.07) is 4.16. The number of hydrogen-bond donors (Lipinski definition) is 1. The molecule has 0 saturated heterocycles.